The van der Waals surface area contributed by atoms with Crippen molar-refractivity contribution in [3.05, 3.63) is 83.8 Å². The number of methoxy groups -OCH3 is 1. The number of aromatic nitrogens is 5. The number of aliphatic hydroxyl groups is 1. The van der Waals surface area contributed by atoms with E-state index in [0.717, 1.165) is 42.6 Å². The number of benzene rings is 2. The van der Waals surface area contributed by atoms with E-state index in [9.17, 15) is 9.90 Å². The minimum absolute atomic E-state index is 0.105. The van der Waals surface area contributed by atoms with E-state index in [-0.39, 0.29) is 18.1 Å². The summed E-state index contributed by atoms with van der Waals surface area (Å²) in [5.74, 6) is 1.78. The van der Waals surface area contributed by atoms with Crippen LogP contribution in [-0.4, -0.2) is 55.1 Å². The molecule has 1 fully saturated rings. The van der Waals surface area contributed by atoms with Crippen LogP contribution in [0.1, 0.15) is 47.4 Å². The third-order valence-corrected chi connectivity index (χ3v) is 7.05. The van der Waals surface area contributed by atoms with Gasteiger partial charge in [0.15, 0.2) is 5.82 Å². The van der Waals surface area contributed by atoms with Crippen molar-refractivity contribution >= 4 is 11.7 Å². The highest BCUT2D eigenvalue weighted by Crippen LogP contribution is 2.44. The van der Waals surface area contributed by atoms with Crippen LogP contribution < -0.4 is 10.1 Å². The molecule has 6 rings (SSSR count). The van der Waals surface area contributed by atoms with Crippen LogP contribution in [0.4, 0.5) is 0 Å². The highest BCUT2D eigenvalue weighted by atomic mass is 16.5. The van der Waals surface area contributed by atoms with Crippen molar-refractivity contribution in [1.82, 2.24) is 30.1 Å². The average molecular weight is 483 g/mol. The highest BCUT2D eigenvalue weighted by Gasteiger charge is 2.43. The summed E-state index contributed by atoms with van der Waals surface area (Å²) in [6, 6.07) is 15.3. The van der Waals surface area contributed by atoms with E-state index in [4.69, 9.17) is 9.84 Å². The minimum atomic E-state index is -0.476. The van der Waals surface area contributed by atoms with Crippen molar-refractivity contribution in [2.45, 2.75) is 43.2 Å². The first-order valence-corrected chi connectivity index (χ1v) is 12.1. The Morgan fingerprint density at radius 2 is 1.75 bits per heavy atom. The standard InChI is InChI=1S/C27H26N6O3/c1-36-22-12-6-19(7-13-22)27(14-15-27)25-30-31-26-28-16-23(32-33(25)26)17-2-4-18(5-3-17)24(35)29-20-8-10-21(34)11-9-20/h2-7,12-16,20-21,34H,8-11H2,1H3,(H,29,35). The molecule has 4 aromatic rings. The second-order valence-corrected chi connectivity index (χ2v) is 9.37. The third-order valence-electron chi connectivity index (χ3n) is 7.05. The molecule has 0 atom stereocenters. The summed E-state index contributed by atoms with van der Waals surface area (Å²) in [6.45, 7) is 0. The summed E-state index contributed by atoms with van der Waals surface area (Å²) in [6.07, 6.45) is 8.61. The number of rotatable bonds is 6. The van der Waals surface area contributed by atoms with Gasteiger partial charge in [0.2, 0.25) is 0 Å². The lowest BCUT2D eigenvalue weighted by molar-refractivity contribution is 0.0867. The number of nitrogens with zero attached hydrogens (tertiary/aromatic N) is 5. The number of carbonyl (C=O) groups is 1. The number of carbonyl (C=O) groups excluding carboxylic acids is 1. The summed E-state index contributed by atoms with van der Waals surface area (Å²) in [5, 5.41) is 26.2. The number of fused-ring (bicyclic) bond motifs is 1. The van der Waals surface area contributed by atoms with Crippen LogP contribution in [0.3, 0.4) is 0 Å². The summed E-state index contributed by atoms with van der Waals surface area (Å²) in [5.41, 5.74) is 2.65. The molecule has 2 N–H and O–H groups in total. The predicted octanol–water partition coefficient (Wildman–Crippen LogP) is 3.08. The molecule has 2 aromatic carbocycles. The van der Waals surface area contributed by atoms with E-state index >= 15 is 0 Å². The van der Waals surface area contributed by atoms with Gasteiger partial charge < -0.3 is 15.2 Å². The Balaban J connectivity index is 1.24. The molecule has 0 bridgehead atoms. The molecule has 0 radical (unpaired) electrons. The molecule has 9 nitrogen and oxygen atoms in total. The maximum absolute atomic E-state index is 12.7. The van der Waals surface area contributed by atoms with Crippen LogP contribution in [0.15, 0.2) is 66.9 Å². The van der Waals surface area contributed by atoms with Crippen LogP contribution in [-0.2, 0) is 5.41 Å². The van der Waals surface area contributed by atoms with Crippen LogP contribution in [0.25, 0.3) is 17.0 Å². The first-order valence-electron chi connectivity index (χ1n) is 12.1. The number of allylic oxidation sites excluding steroid dienone is 2. The first-order chi connectivity index (χ1) is 17.6. The molecule has 0 spiro atoms. The van der Waals surface area contributed by atoms with E-state index in [1.54, 1.807) is 30.0 Å². The molecule has 1 saturated carbocycles. The van der Waals surface area contributed by atoms with Crippen LogP contribution in [0.2, 0.25) is 0 Å². The Morgan fingerprint density at radius 1 is 1.03 bits per heavy atom. The lowest BCUT2D eigenvalue weighted by Crippen LogP contribution is -2.38. The topological polar surface area (TPSA) is 115 Å². The molecular weight excluding hydrogens is 456 g/mol. The number of nitrogens with one attached hydrogen (secondary N) is 1. The van der Waals surface area contributed by atoms with Gasteiger partial charge in [0.1, 0.15) is 11.4 Å². The minimum Gasteiger partial charge on any atom is -0.497 e. The lowest BCUT2D eigenvalue weighted by atomic mass is 9.92. The fourth-order valence-electron chi connectivity index (χ4n) is 4.79. The Kier molecular flexibility index (Phi) is 5.49. The second-order valence-electron chi connectivity index (χ2n) is 9.37. The van der Waals surface area contributed by atoms with E-state index in [2.05, 4.69) is 32.7 Å². The number of amides is 1. The smallest absolute Gasteiger partial charge is 0.271 e. The number of hydrogen-bond donors (Lipinski definition) is 2. The molecule has 9 heteroatoms. The van der Waals surface area contributed by atoms with Gasteiger partial charge in [0, 0.05) is 17.2 Å². The summed E-state index contributed by atoms with van der Waals surface area (Å²) < 4.78 is 6.96. The molecule has 0 saturated heterocycles. The van der Waals surface area contributed by atoms with Crippen LogP contribution in [0.5, 0.6) is 5.75 Å². The molecule has 0 unspecified atom stereocenters. The Labute approximate surface area is 207 Å². The number of ether oxygens (including phenoxy) is 1. The fraction of sp³-hybridized carbons (Fsp3) is 0.296. The summed E-state index contributed by atoms with van der Waals surface area (Å²) in [4.78, 5) is 17.1. The Morgan fingerprint density at radius 3 is 2.42 bits per heavy atom. The molecule has 1 amide bonds. The van der Waals surface area contributed by atoms with Crippen molar-refractivity contribution in [2.24, 2.45) is 0 Å². The second kappa shape index (κ2) is 8.83. The quantitative estimate of drug-likeness (QED) is 0.406. The normalized spacial score (nSPS) is 20.3. The van der Waals surface area contributed by atoms with Crippen LogP contribution in [0, 0.1) is 0 Å². The highest BCUT2D eigenvalue weighted by molar-refractivity contribution is 5.94. The number of aliphatic hydroxyl groups excluding tert-OH is 1. The SMILES string of the molecule is COc1ccc(C2(c3nnc4ncc(-c5ccc(C(=O)NC6CCC(O)CC6)cc5)nn34)C=C2)cc1. The van der Waals surface area contributed by atoms with Crippen LogP contribution >= 0.6 is 0 Å². The van der Waals surface area contributed by atoms with E-state index in [1.165, 1.54) is 0 Å². The van der Waals surface area contributed by atoms with Gasteiger partial charge in [0.05, 0.1) is 24.8 Å². The predicted molar refractivity (Wildman–Crippen MR) is 133 cm³/mol. The average Bonchev–Trinajstić information content (AvgIpc) is 3.62. The van der Waals surface area contributed by atoms with E-state index < -0.39 is 5.41 Å². The van der Waals surface area contributed by atoms with Gasteiger partial charge in [-0.25, -0.2) is 4.98 Å². The Hall–Kier alpha value is -4.11. The molecule has 2 heterocycles. The first kappa shape index (κ1) is 22.4. The zero-order valence-electron chi connectivity index (χ0n) is 19.8. The van der Waals surface area contributed by atoms with E-state index in [0.29, 0.717) is 22.9 Å². The molecular formula is C27H26N6O3. The monoisotopic (exact) mass is 482 g/mol. The third kappa shape index (κ3) is 4.01. The van der Waals surface area contributed by atoms with Gasteiger partial charge in [-0.2, -0.15) is 9.61 Å². The zero-order valence-corrected chi connectivity index (χ0v) is 19.8. The van der Waals surface area contributed by atoms with Crippen molar-refractivity contribution in [1.29, 1.82) is 0 Å². The van der Waals surface area contributed by atoms with Gasteiger partial charge in [0.25, 0.3) is 11.7 Å². The largest absolute Gasteiger partial charge is 0.497 e. The van der Waals surface area contributed by atoms with Gasteiger partial charge in [-0.05, 0) is 55.5 Å². The molecule has 2 aromatic heterocycles. The molecule has 2 aliphatic carbocycles. The maximum Gasteiger partial charge on any atom is 0.271 e. The van der Waals surface area contributed by atoms with Gasteiger partial charge >= 0.3 is 0 Å². The summed E-state index contributed by atoms with van der Waals surface area (Å²) in [7, 11) is 1.64. The number of hydrogen-bond acceptors (Lipinski definition) is 7. The van der Waals surface area contributed by atoms with Crippen molar-refractivity contribution in [3.63, 3.8) is 0 Å². The molecule has 36 heavy (non-hydrogen) atoms. The molecule has 0 aliphatic heterocycles. The van der Waals surface area contributed by atoms with Crippen molar-refractivity contribution in [2.75, 3.05) is 7.11 Å². The lowest BCUT2D eigenvalue weighted by Gasteiger charge is -2.26. The fourth-order valence-corrected chi connectivity index (χ4v) is 4.79. The van der Waals surface area contributed by atoms with Gasteiger partial charge in [-0.15, -0.1) is 10.2 Å². The zero-order chi connectivity index (χ0) is 24.7. The van der Waals surface area contributed by atoms with E-state index in [1.807, 2.05) is 36.4 Å². The van der Waals surface area contributed by atoms with Gasteiger partial charge in [-0.1, -0.05) is 36.4 Å². The van der Waals surface area contributed by atoms with Gasteiger partial charge in [-0.3, -0.25) is 4.79 Å². The maximum atomic E-state index is 12.7. The molecule has 182 valence electrons. The summed E-state index contributed by atoms with van der Waals surface area (Å²) >= 11 is 0. The van der Waals surface area contributed by atoms with Crippen molar-refractivity contribution in [3.8, 4) is 17.0 Å². The Bertz CT molecular complexity index is 1430. The van der Waals surface area contributed by atoms with Crippen molar-refractivity contribution < 1.29 is 14.6 Å². The molecule has 2 aliphatic rings.